The molecule has 0 aliphatic carbocycles. The number of amides is 1. The highest BCUT2D eigenvalue weighted by molar-refractivity contribution is 5.95. The second-order valence-electron chi connectivity index (χ2n) is 6.32. The summed E-state index contributed by atoms with van der Waals surface area (Å²) in [6.45, 7) is 1.37. The number of pyridine rings is 1. The maximum absolute atomic E-state index is 12.3. The van der Waals surface area contributed by atoms with Crippen molar-refractivity contribution >= 4 is 18.0 Å². The second kappa shape index (κ2) is 8.94. The van der Waals surface area contributed by atoms with E-state index in [1.54, 1.807) is 23.4 Å². The number of carbonyl (C=O) groups is 2. The number of hydrogen-bond donors (Lipinski definition) is 0. The highest BCUT2D eigenvalue weighted by Gasteiger charge is 2.26. The average Bonchev–Trinajstić information content (AvgIpc) is 2.72. The summed E-state index contributed by atoms with van der Waals surface area (Å²) in [6.07, 6.45) is 7.85. The molecule has 1 aromatic heterocycles. The Hall–Kier alpha value is -2.95. The fourth-order valence-corrected chi connectivity index (χ4v) is 2.95. The van der Waals surface area contributed by atoms with Crippen LogP contribution in [-0.4, -0.2) is 34.8 Å². The second-order valence-corrected chi connectivity index (χ2v) is 6.32. The van der Waals surface area contributed by atoms with Gasteiger partial charge >= 0.3 is 6.09 Å². The van der Waals surface area contributed by atoms with E-state index in [0.29, 0.717) is 25.9 Å². The van der Waals surface area contributed by atoms with Gasteiger partial charge in [0.25, 0.3) is 0 Å². The summed E-state index contributed by atoms with van der Waals surface area (Å²) in [5.74, 6) is 0.0744. The van der Waals surface area contributed by atoms with Gasteiger partial charge in [-0.15, -0.1) is 0 Å². The number of benzene rings is 1. The van der Waals surface area contributed by atoms with E-state index in [2.05, 4.69) is 4.98 Å². The Bertz CT molecular complexity index is 751. The average molecular weight is 350 g/mol. The van der Waals surface area contributed by atoms with Gasteiger partial charge in [-0.2, -0.15) is 0 Å². The lowest BCUT2D eigenvalue weighted by atomic mass is 9.92. The van der Waals surface area contributed by atoms with Crippen molar-refractivity contribution in [2.24, 2.45) is 5.92 Å². The molecule has 1 aromatic carbocycles. The number of ether oxygens (including phenoxy) is 1. The number of carbonyl (C=O) groups excluding carboxylic acids is 2. The first kappa shape index (κ1) is 17.9. The highest BCUT2D eigenvalue weighted by atomic mass is 16.6. The molecule has 1 aliphatic heterocycles. The zero-order valence-corrected chi connectivity index (χ0v) is 14.6. The molecule has 1 fully saturated rings. The third-order valence-corrected chi connectivity index (χ3v) is 4.51. The van der Waals surface area contributed by atoms with Crippen LogP contribution in [0.15, 0.2) is 60.9 Å². The van der Waals surface area contributed by atoms with E-state index < -0.39 is 0 Å². The molecule has 0 saturated carbocycles. The van der Waals surface area contributed by atoms with Crippen molar-refractivity contribution in [1.82, 2.24) is 9.88 Å². The Kier molecular flexibility index (Phi) is 6.14. The van der Waals surface area contributed by atoms with Crippen molar-refractivity contribution < 1.29 is 14.3 Å². The van der Waals surface area contributed by atoms with Gasteiger partial charge in [-0.3, -0.25) is 9.78 Å². The largest absolute Gasteiger partial charge is 0.445 e. The summed E-state index contributed by atoms with van der Waals surface area (Å²) in [7, 11) is 0. The van der Waals surface area contributed by atoms with E-state index in [0.717, 1.165) is 11.1 Å². The molecular formula is C21H22N2O3. The minimum Gasteiger partial charge on any atom is -0.445 e. The molecule has 0 atom stereocenters. The lowest BCUT2D eigenvalue weighted by Gasteiger charge is -2.30. The normalized spacial score (nSPS) is 15.2. The fraction of sp³-hybridized carbons (Fsp3) is 0.286. The van der Waals surface area contributed by atoms with Crippen molar-refractivity contribution in [3.8, 4) is 0 Å². The summed E-state index contributed by atoms with van der Waals surface area (Å²) < 4.78 is 5.35. The fourth-order valence-electron chi connectivity index (χ4n) is 2.95. The van der Waals surface area contributed by atoms with Gasteiger partial charge in [0, 0.05) is 31.4 Å². The van der Waals surface area contributed by atoms with Crippen LogP contribution in [0.3, 0.4) is 0 Å². The molecular weight excluding hydrogens is 328 g/mol. The van der Waals surface area contributed by atoms with Crippen molar-refractivity contribution in [3.05, 3.63) is 72.1 Å². The number of rotatable bonds is 5. The molecule has 1 aliphatic rings. The molecule has 0 N–H and O–H groups in total. The third kappa shape index (κ3) is 5.02. The van der Waals surface area contributed by atoms with E-state index in [4.69, 9.17) is 4.74 Å². The molecule has 134 valence electrons. The van der Waals surface area contributed by atoms with Crippen LogP contribution >= 0.6 is 0 Å². The number of ketones is 1. The van der Waals surface area contributed by atoms with Crippen molar-refractivity contribution in [3.63, 3.8) is 0 Å². The molecule has 2 heterocycles. The van der Waals surface area contributed by atoms with Crippen LogP contribution < -0.4 is 0 Å². The van der Waals surface area contributed by atoms with Crippen LogP contribution in [0.5, 0.6) is 0 Å². The summed E-state index contributed by atoms with van der Waals surface area (Å²) in [5.41, 5.74) is 1.92. The molecule has 1 saturated heterocycles. The van der Waals surface area contributed by atoms with Gasteiger partial charge in [0.1, 0.15) is 6.61 Å². The maximum Gasteiger partial charge on any atom is 0.410 e. The van der Waals surface area contributed by atoms with Crippen LogP contribution in [0.1, 0.15) is 24.0 Å². The number of hydrogen-bond acceptors (Lipinski definition) is 4. The first-order valence-corrected chi connectivity index (χ1v) is 8.80. The van der Waals surface area contributed by atoms with Crippen LogP contribution in [0.2, 0.25) is 0 Å². The molecule has 2 aromatic rings. The van der Waals surface area contributed by atoms with E-state index in [-0.39, 0.29) is 24.4 Å². The number of aromatic nitrogens is 1. The van der Waals surface area contributed by atoms with Crippen LogP contribution in [0.4, 0.5) is 4.79 Å². The topological polar surface area (TPSA) is 59.5 Å². The predicted molar refractivity (Wildman–Crippen MR) is 99.2 cm³/mol. The molecule has 5 nitrogen and oxygen atoms in total. The number of allylic oxidation sites excluding steroid dienone is 1. The van der Waals surface area contributed by atoms with Gasteiger partial charge in [-0.05, 0) is 42.2 Å². The van der Waals surface area contributed by atoms with Crippen molar-refractivity contribution in [2.45, 2.75) is 19.4 Å². The molecule has 0 bridgehead atoms. The predicted octanol–water partition coefficient (Wildman–Crippen LogP) is 3.71. The zero-order chi connectivity index (χ0) is 18.2. The number of piperidine rings is 1. The lowest BCUT2D eigenvalue weighted by molar-refractivity contribution is -0.119. The van der Waals surface area contributed by atoms with Gasteiger partial charge in [0.05, 0.1) is 0 Å². The molecule has 26 heavy (non-hydrogen) atoms. The standard InChI is InChI=1S/C21H22N2O3/c24-20(7-6-17-8-12-22-13-9-17)19-10-14-23(15-11-19)21(25)26-16-18-4-2-1-3-5-18/h1-9,12-13,19H,10-11,14-16H2. The van der Waals surface area contributed by atoms with Crippen molar-refractivity contribution in [2.75, 3.05) is 13.1 Å². The van der Waals surface area contributed by atoms with E-state index in [9.17, 15) is 9.59 Å². The van der Waals surface area contributed by atoms with Gasteiger partial charge in [0.15, 0.2) is 5.78 Å². The summed E-state index contributed by atoms with van der Waals surface area (Å²) in [5, 5.41) is 0. The third-order valence-electron chi connectivity index (χ3n) is 4.51. The summed E-state index contributed by atoms with van der Waals surface area (Å²) in [6, 6.07) is 13.3. The van der Waals surface area contributed by atoms with Gasteiger partial charge < -0.3 is 9.64 Å². The highest BCUT2D eigenvalue weighted by Crippen LogP contribution is 2.20. The zero-order valence-electron chi connectivity index (χ0n) is 14.6. The van der Waals surface area contributed by atoms with Crippen LogP contribution in [0.25, 0.3) is 6.08 Å². The van der Waals surface area contributed by atoms with Crippen LogP contribution in [-0.2, 0) is 16.1 Å². The van der Waals surface area contributed by atoms with Gasteiger partial charge in [-0.25, -0.2) is 4.79 Å². The molecule has 0 spiro atoms. The molecule has 3 rings (SSSR count). The van der Waals surface area contributed by atoms with Crippen molar-refractivity contribution in [1.29, 1.82) is 0 Å². The Morgan fingerprint density at radius 3 is 2.46 bits per heavy atom. The van der Waals surface area contributed by atoms with E-state index in [1.165, 1.54) is 0 Å². The Labute approximate surface area is 153 Å². The lowest BCUT2D eigenvalue weighted by Crippen LogP contribution is -2.40. The minimum atomic E-state index is -0.313. The summed E-state index contributed by atoms with van der Waals surface area (Å²) in [4.78, 5) is 30.1. The first-order valence-electron chi connectivity index (χ1n) is 8.80. The molecule has 5 heteroatoms. The Balaban J connectivity index is 1.44. The molecule has 0 radical (unpaired) electrons. The maximum atomic E-state index is 12.3. The molecule has 1 amide bonds. The Morgan fingerprint density at radius 2 is 1.77 bits per heavy atom. The Morgan fingerprint density at radius 1 is 1.08 bits per heavy atom. The van der Waals surface area contributed by atoms with Crippen LogP contribution in [0, 0.1) is 5.92 Å². The summed E-state index contributed by atoms with van der Waals surface area (Å²) >= 11 is 0. The smallest absolute Gasteiger partial charge is 0.410 e. The number of nitrogens with zero attached hydrogens (tertiary/aromatic N) is 2. The van der Waals surface area contributed by atoms with E-state index in [1.807, 2.05) is 48.5 Å². The minimum absolute atomic E-state index is 0.0359. The SMILES string of the molecule is O=C(C=Cc1ccncc1)C1CCN(C(=O)OCc2ccccc2)CC1. The van der Waals surface area contributed by atoms with Gasteiger partial charge in [0.2, 0.25) is 0 Å². The van der Waals surface area contributed by atoms with E-state index >= 15 is 0 Å². The molecule has 0 unspecified atom stereocenters. The first-order chi connectivity index (χ1) is 12.7. The quantitative estimate of drug-likeness (QED) is 0.771. The number of likely N-dealkylation sites (tertiary alicyclic amines) is 1. The van der Waals surface area contributed by atoms with Gasteiger partial charge in [-0.1, -0.05) is 36.4 Å². The monoisotopic (exact) mass is 350 g/mol.